The average Bonchev–Trinajstić information content (AvgIpc) is 2.89. The zero-order chi connectivity index (χ0) is 18.7. The maximum Gasteiger partial charge on any atom is 0.255 e. The van der Waals surface area contributed by atoms with Gasteiger partial charge in [-0.2, -0.15) is 10.4 Å². The molecule has 130 valence electrons. The first-order valence-electron chi connectivity index (χ1n) is 8.08. The summed E-state index contributed by atoms with van der Waals surface area (Å²) in [7, 11) is 0. The first kappa shape index (κ1) is 17.4. The average molecular weight is 348 g/mol. The normalized spacial score (nSPS) is 10.4. The molecule has 5 nitrogen and oxygen atoms in total. The Balaban J connectivity index is 1.84. The van der Waals surface area contributed by atoms with Crippen LogP contribution in [0.5, 0.6) is 0 Å². The predicted molar refractivity (Wildman–Crippen MR) is 96.3 cm³/mol. The van der Waals surface area contributed by atoms with Crippen molar-refractivity contribution in [3.63, 3.8) is 0 Å². The molecule has 0 aliphatic rings. The topological polar surface area (TPSA) is 70.7 Å². The summed E-state index contributed by atoms with van der Waals surface area (Å²) in [6.45, 7) is 4.06. The minimum Gasteiger partial charge on any atom is -0.319 e. The van der Waals surface area contributed by atoms with Crippen LogP contribution in [0.4, 0.5) is 10.1 Å². The third-order valence-electron chi connectivity index (χ3n) is 4.10. The number of hydrogen-bond acceptors (Lipinski definition) is 3. The predicted octanol–water partition coefficient (Wildman–Crippen LogP) is 3.81. The van der Waals surface area contributed by atoms with Gasteiger partial charge in [-0.1, -0.05) is 18.2 Å². The molecule has 0 saturated heterocycles. The quantitative estimate of drug-likeness (QED) is 0.779. The van der Waals surface area contributed by atoms with Crippen LogP contribution in [0, 0.1) is 31.0 Å². The van der Waals surface area contributed by atoms with Crippen molar-refractivity contribution in [1.82, 2.24) is 9.78 Å². The number of hydrogen-bond donors (Lipinski definition) is 1. The van der Waals surface area contributed by atoms with Gasteiger partial charge in [-0.3, -0.25) is 9.48 Å². The fourth-order valence-electron chi connectivity index (χ4n) is 2.76. The van der Waals surface area contributed by atoms with Crippen molar-refractivity contribution < 1.29 is 9.18 Å². The molecule has 1 N–H and O–H groups in total. The van der Waals surface area contributed by atoms with Gasteiger partial charge in [0.25, 0.3) is 5.91 Å². The van der Waals surface area contributed by atoms with Gasteiger partial charge in [0, 0.05) is 5.56 Å². The highest BCUT2D eigenvalue weighted by Gasteiger charge is 2.16. The Labute approximate surface area is 150 Å². The van der Waals surface area contributed by atoms with Gasteiger partial charge in [-0.25, -0.2) is 4.39 Å². The first-order chi connectivity index (χ1) is 12.5. The monoisotopic (exact) mass is 348 g/mol. The second-order valence-corrected chi connectivity index (χ2v) is 5.98. The molecular weight excluding hydrogens is 331 g/mol. The van der Waals surface area contributed by atoms with Crippen molar-refractivity contribution in [3.05, 3.63) is 82.4 Å². The van der Waals surface area contributed by atoms with Crippen LogP contribution in [0.25, 0.3) is 0 Å². The number of amides is 1. The minimum atomic E-state index is -0.307. The molecule has 1 aromatic heterocycles. The smallest absolute Gasteiger partial charge is 0.255 e. The number of rotatable bonds is 4. The minimum absolute atomic E-state index is 0.296. The molecule has 0 bridgehead atoms. The number of carbonyl (C=O) groups is 1. The summed E-state index contributed by atoms with van der Waals surface area (Å²) in [5.74, 6) is -0.603. The molecule has 0 aliphatic carbocycles. The van der Waals surface area contributed by atoms with Crippen LogP contribution < -0.4 is 5.32 Å². The maximum atomic E-state index is 13.4. The van der Waals surface area contributed by atoms with Crippen molar-refractivity contribution in [1.29, 1.82) is 5.26 Å². The number of nitrogens with one attached hydrogen (secondary N) is 1. The van der Waals surface area contributed by atoms with E-state index in [4.69, 9.17) is 5.26 Å². The molecule has 3 aromatic rings. The summed E-state index contributed by atoms with van der Waals surface area (Å²) in [5, 5.41) is 16.3. The van der Waals surface area contributed by atoms with E-state index >= 15 is 0 Å². The molecule has 0 atom stereocenters. The Bertz CT molecular complexity index is 1020. The molecule has 6 heteroatoms. The molecule has 2 aromatic carbocycles. The van der Waals surface area contributed by atoms with Crippen molar-refractivity contribution in [2.24, 2.45) is 0 Å². The number of aromatic nitrogens is 2. The van der Waals surface area contributed by atoms with Crippen molar-refractivity contribution in [2.45, 2.75) is 20.4 Å². The van der Waals surface area contributed by atoms with Gasteiger partial charge in [-0.05, 0) is 49.7 Å². The molecular formula is C20H17FN4O. The van der Waals surface area contributed by atoms with E-state index in [0.717, 1.165) is 11.3 Å². The molecule has 3 rings (SSSR count). The fraction of sp³-hybridized carbons (Fsp3) is 0.150. The summed E-state index contributed by atoms with van der Waals surface area (Å²) in [4.78, 5) is 12.5. The van der Waals surface area contributed by atoms with Crippen LogP contribution in [0.3, 0.4) is 0 Å². The van der Waals surface area contributed by atoms with Gasteiger partial charge in [-0.15, -0.1) is 0 Å². The van der Waals surface area contributed by atoms with Crippen molar-refractivity contribution in [2.75, 3.05) is 5.32 Å². The third kappa shape index (κ3) is 3.62. The Morgan fingerprint density at radius 1 is 1.23 bits per heavy atom. The third-order valence-corrected chi connectivity index (χ3v) is 4.10. The molecule has 0 fully saturated rings. The number of nitrogens with zero attached hydrogens (tertiary/aromatic N) is 3. The molecule has 26 heavy (non-hydrogen) atoms. The summed E-state index contributed by atoms with van der Waals surface area (Å²) < 4.78 is 15.1. The van der Waals surface area contributed by atoms with Crippen LogP contribution >= 0.6 is 0 Å². The number of aryl methyl sites for hydroxylation is 1. The van der Waals surface area contributed by atoms with Crippen LogP contribution in [-0.4, -0.2) is 15.7 Å². The molecule has 1 heterocycles. The van der Waals surface area contributed by atoms with E-state index in [2.05, 4.69) is 10.4 Å². The Morgan fingerprint density at radius 2 is 2.00 bits per heavy atom. The lowest BCUT2D eigenvalue weighted by molar-refractivity contribution is 0.102. The van der Waals surface area contributed by atoms with Crippen LogP contribution in [0.1, 0.15) is 32.9 Å². The zero-order valence-corrected chi connectivity index (χ0v) is 14.5. The van der Waals surface area contributed by atoms with Crippen LogP contribution in [0.15, 0.2) is 48.5 Å². The zero-order valence-electron chi connectivity index (χ0n) is 14.5. The van der Waals surface area contributed by atoms with Gasteiger partial charge >= 0.3 is 0 Å². The number of nitriles is 1. The van der Waals surface area contributed by atoms with E-state index in [-0.39, 0.29) is 11.7 Å². The summed E-state index contributed by atoms with van der Waals surface area (Å²) in [5.41, 5.74) is 3.68. The molecule has 0 saturated carbocycles. The van der Waals surface area contributed by atoms with Crippen molar-refractivity contribution >= 4 is 11.6 Å². The summed E-state index contributed by atoms with van der Waals surface area (Å²) in [6, 6.07) is 14.9. The first-order valence-corrected chi connectivity index (χ1v) is 8.08. The van der Waals surface area contributed by atoms with Crippen LogP contribution in [0.2, 0.25) is 0 Å². The van der Waals surface area contributed by atoms with E-state index < -0.39 is 0 Å². The lowest BCUT2D eigenvalue weighted by Crippen LogP contribution is -2.13. The van der Waals surface area contributed by atoms with E-state index in [1.165, 1.54) is 18.2 Å². The highest BCUT2D eigenvalue weighted by atomic mass is 19.1. The standard InChI is InChI=1S/C20H17FN4O/c1-13-19(23-20(26)17-7-3-5-15(9-17)11-22)14(2)25(24-13)12-16-6-4-8-18(21)10-16/h3-10H,12H2,1-2H3,(H,23,26). The van der Waals surface area contributed by atoms with Gasteiger partial charge < -0.3 is 5.32 Å². The maximum absolute atomic E-state index is 13.4. The molecule has 1 amide bonds. The molecule has 0 radical (unpaired) electrons. The van der Waals surface area contributed by atoms with Gasteiger partial charge in [0.15, 0.2) is 0 Å². The van der Waals surface area contributed by atoms with E-state index in [1.54, 1.807) is 35.9 Å². The largest absolute Gasteiger partial charge is 0.319 e. The highest BCUT2D eigenvalue weighted by molar-refractivity contribution is 6.05. The second kappa shape index (κ2) is 7.19. The summed E-state index contributed by atoms with van der Waals surface area (Å²) in [6.07, 6.45) is 0. The fourth-order valence-corrected chi connectivity index (χ4v) is 2.76. The van der Waals surface area contributed by atoms with Crippen LogP contribution in [-0.2, 0) is 6.54 Å². The van der Waals surface area contributed by atoms with Gasteiger partial charge in [0.2, 0.25) is 0 Å². The molecule has 0 unspecified atom stereocenters. The SMILES string of the molecule is Cc1nn(Cc2cccc(F)c2)c(C)c1NC(=O)c1cccc(C#N)c1. The van der Waals surface area contributed by atoms with Gasteiger partial charge in [0.1, 0.15) is 5.82 Å². The summed E-state index contributed by atoms with van der Waals surface area (Å²) >= 11 is 0. The lowest BCUT2D eigenvalue weighted by Gasteiger charge is -2.08. The van der Waals surface area contributed by atoms with Gasteiger partial charge in [0.05, 0.1) is 35.3 Å². The number of anilines is 1. The Hall–Kier alpha value is -3.46. The van der Waals surface area contributed by atoms with E-state index in [1.807, 2.05) is 19.1 Å². The number of carbonyl (C=O) groups excluding carboxylic acids is 1. The molecule has 0 spiro atoms. The Morgan fingerprint density at radius 3 is 2.73 bits per heavy atom. The molecule has 0 aliphatic heterocycles. The van der Waals surface area contributed by atoms with E-state index in [9.17, 15) is 9.18 Å². The van der Waals surface area contributed by atoms with E-state index in [0.29, 0.717) is 29.1 Å². The second-order valence-electron chi connectivity index (χ2n) is 5.98. The highest BCUT2D eigenvalue weighted by Crippen LogP contribution is 2.21. The number of halogens is 1. The Kier molecular flexibility index (Phi) is 4.81. The lowest BCUT2D eigenvalue weighted by atomic mass is 10.1. The number of benzene rings is 2. The van der Waals surface area contributed by atoms with Crippen molar-refractivity contribution in [3.8, 4) is 6.07 Å².